The predicted molar refractivity (Wildman–Crippen MR) is 68.8 cm³/mol. The fraction of sp³-hybridized carbons (Fsp3) is 0.429. The lowest BCUT2D eigenvalue weighted by Crippen LogP contribution is -2.38. The predicted octanol–water partition coefficient (Wildman–Crippen LogP) is 1.06. The maximum atomic E-state index is 11.9. The number of fused-ring (bicyclic) bond motifs is 1. The quantitative estimate of drug-likeness (QED) is 0.637. The van der Waals surface area contributed by atoms with E-state index in [1.54, 1.807) is 0 Å². The summed E-state index contributed by atoms with van der Waals surface area (Å²) in [6, 6.07) is 7.63. The Kier molecular flexibility index (Phi) is 4.39. The summed E-state index contributed by atoms with van der Waals surface area (Å²) >= 11 is 0. The van der Waals surface area contributed by atoms with E-state index >= 15 is 0 Å². The van der Waals surface area contributed by atoms with E-state index in [1.807, 2.05) is 24.3 Å². The topological polar surface area (TPSA) is 64.6 Å². The summed E-state index contributed by atoms with van der Waals surface area (Å²) in [7, 11) is 1.35. The van der Waals surface area contributed by atoms with E-state index in [-0.39, 0.29) is 11.9 Å². The molecular formula is C14H17NO4. The maximum Gasteiger partial charge on any atom is 0.305 e. The minimum absolute atomic E-state index is 0.138. The number of para-hydroxylation sites is 1. The Morgan fingerprint density at radius 1 is 1.42 bits per heavy atom. The number of rotatable bonds is 5. The molecule has 19 heavy (non-hydrogen) atoms. The molecule has 0 saturated carbocycles. The summed E-state index contributed by atoms with van der Waals surface area (Å²) in [5.41, 5.74) is 1.05. The molecule has 1 aliphatic heterocycles. The molecule has 1 N–H and O–H groups in total. The first kappa shape index (κ1) is 13.4. The van der Waals surface area contributed by atoms with Crippen molar-refractivity contribution in [3.8, 4) is 5.75 Å². The van der Waals surface area contributed by atoms with Gasteiger partial charge in [0, 0.05) is 19.4 Å². The van der Waals surface area contributed by atoms with Gasteiger partial charge in [0.05, 0.1) is 7.11 Å². The molecule has 1 unspecified atom stereocenters. The second-order valence-corrected chi connectivity index (χ2v) is 4.39. The first-order chi connectivity index (χ1) is 9.20. The largest absolute Gasteiger partial charge is 0.480 e. The summed E-state index contributed by atoms with van der Waals surface area (Å²) < 4.78 is 10.1. The van der Waals surface area contributed by atoms with Gasteiger partial charge in [0.15, 0.2) is 6.10 Å². The fourth-order valence-electron chi connectivity index (χ4n) is 1.99. The van der Waals surface area contributed by atoms with E-state index in [1.165, 1.54) is 7.11 Å². The number of methoxy groups -OCH3 is 1. The Morgan fingerprint density at radius 3 is 2.95 bits per heavy atom. The standard InChI is InChI=1S/C14H17NO4/c1-18-13(16)7-4-8-15-14(17)12-9-10-5-2-3-6-11(10)19-12/h2-3,5-6,12H,4,7-9H2,1H3,(H,15,17). The zero-order valence-electron chi connectivity index (χ0n) is 10.8. The van der Waals surface area contributed by atoms with E-state index in [2.05, 4.69) is 10.1 Å². The van der Waals surface area contributed by atoms with Gasteiger partial charge in [0.1, 0.15) is 5.75 Å². The highest BCUT2D eigenvalue weighted by atomic mass is 16.5. The number of nitrogens with one attached hydrogen (secondary N) is 1. The molecule has 5 heteroatoms. The molecule has 1 aromatic carbocycles. The highest BCUT2D eigenvalue weighted by Crippen LogP contribution is 2.27. The van der Waals surface area contributed by atoms with Crippen LogP contribution >= 0.6 is 0 Å². The SMILES string of the molecule is COC(=O)CCCNC(=O)C1Cc2ccccc2O1. The van der Waals surface area contributed by atoms with Crippen LogP contribution in [0.5, 0.6) is 5.75 Å². The van der Waals surface area contributed by atoms with Gasteiger partial charge in [0.25, 0.3) is 5.91 Å². The van der Waals surface area contributed by atoms with Gasteiger partial charge in [-0.25, -0.2) is 0 Å². The van der Waals surface area contributed by atoms with Crippen LogP contribution < -0.4 is 10.1 Å². The number of esters is 1. The third-order valence-corrected chi connectivity index (χ3v) is 3.02. The lowest BCUT2D eigenvalue weighted by atomic mass is 10.1. The van der Waals surface area contributed by atoms with Crippen LogP contribution in [-0.2, 0) is 20.7 Å². The Labute approximate surface area is 111 Å². The molecule has 0 aliphatic carbocycles. The number of benzene rings is 1. The zero-order valence-corrected chi connectivity index (χ0v) is 10.8. The molecule has 1 aliphatic rings. The number of ether oxygens (including phenoxy) is 2. The summed E-state index contributed by atoms with van der Waals surface area (Å²) in [5, 5.41) is 2.77. The van der Waals surface area contributed by atoms with Crippen LogP contribution in [0, 0.1) is 0 Å². The van der Waals surface area contributed by atoms with Crippen molar-refractivity contribution < 1.29 is 19.1 Å². The Morgan fingerprint density at radius 2 is 2.21 bits per heavy atom. The van der Waals surface area contributed by atoms with Gasteiger partial charge in [0.2, 0.25) is 0 Å². The third-order valence-electron chi connectivity index (χ3n) is 3.02. The molecule has 5 nitrogen and oxygen atoms in total. The smallest absolute Gasteiger partial charge is 0.305 e. The monoisotopic (exact) mass is 263 g/mol. The molecule has 0 bridgehead atoms. The molecule has 2 rings (SSSR count). The van der Waals surface area contributed by atoms with Crippen LogP contribution in [0.3, 0.4) is 0 Å². The molecule has 1 aromatic rings. The van der Waals surface area contributed by atoms with E-state index in [0.29, 0.717) is 25.8 Å². The Balaban J connectivity index is 1.73. The lowest BCUT2D eigenvalue weighted by Gasteiger charge is -2.10. The Bertz CT molecular complexity index is 447. The normalized spacial score (nSPS) is 16.4. The first-order valence-electron chi connectivity index (χ1n) is 6.30. The second kappa shape index (κ2) is 6.22. The van der Waals surface area contributed by atoms with E-state index in [4.69, 9.17) is 4.74 Å². The van der Waals surface area contributed by atoms with Gasteiger partial charge < -0.3 is 14.8 Å². The minimum atomic E-state index is -0.462. The zero-order chi connectivity index (χ0) is 13.7. The summed E-state index contributed by atoms with van der Waals surface area (Å²) in [6.45, 7) is 0.449. The summed E-state index contributed by atoms with van der Waals surface area (Å²) in [5.74, 6) is 0.372. The average molecular weight is 263 g/mol. The molecule has 0 radical (unpaired) electrons. The lowest BCUT2D eigenvalue weighted by molar-refractivity contribution is -0.140. The molecule has 0 spiro atoms. The number of carbonyl (C=O) groups excluding carboxylic acids is 2. The number of hydrogen-bond donors (Lipinski definition) is 1. The van der Waals surface area contributed by atoms with Gasteiger partial charge in [-0.1, -0.05) is 18.2 Å². The summed E-state index contributed by atoms with van der Waals surface area (Å²) in [4.78, 5) is 22.8. The molecule has 0 aromatic heterocycles. The molecule has 1 atom stereocenters. The third kappa shape index (κ3) is 3.47. The van der Waals surface area contributed by atoms with Crippen LogP contribution in [0.2, 0.25) is 0 Å². The highest BCUT2D eigenvalue weighted by Gasteiger charge is 2.28. The van der Waals surface area contributed by atoms with Crippen molar-refractivity contribution in [2.24, 2.45) is 0 Å². The van der Waals surface area contributed by atoms with Crippen LogP contribution in [-0.4, -0.2) is 31.6 Å². The van der Waals surface area contributed by atoms with Gasteiger partial charge in [-0.3, -0.25) is 9.59 Å². The van der Waals surface area contributed by atoms with Gasteiger partial charge >= 0.3 is 5.97 Å². The highest BCUT2D eigenvalue weighted by molar-refractivity contribution is 5.82. The average Bonchev–Trinajstić information content (AvgIpc) is 2.87. The number of amides is 1. The van der Waals surface area contributed by atoms with Crippen molar-refractivity contribution in [3.63, 3.8) is 0 Å². The Hall–Kier alpha value is -2.04. The van der Waals surface area contributed by atoms with Crippen molar-refractivity contribution in [1.82, 2.24) is 5.32 Å². The van der Waals surface area contributed by atoms with Crippen LogP contribution in [0.25, 0.3) is 0 Å². The fourth-order valence-corrected chi connectivity index (χ4v) is 1.99. The molecule has 1 heterocycles. The van der Waals surface area contributed by atoms with Crippen molar-refractivity contribution >= 4 is 11.9 Å². The van der Waals surface area contributed by atoms with Crippen molar-refractivity contribution in [1.29, 1.82) is 0 Å². The van der Waals surface area contributed by atoms with Crippen molar-refractivity contribution in [2.75, 3.05) is 13.7 Å². The van der Waals surface area contributed by atoms with Gasteiger partial charge in [-0.15, -0.1) is 0 Å². The summed E-state index contributed by atoms with van der Waals surface area (Å²) in [6.07, 6.45) is 1.01. The van der Waals surface area contributed by atoms with Gasteiger partial charge in [-0.05, 0) is 18.1 Å². The van der Waals surface area contributed by atoms with E-state index < -0.39 is 6.10 Å². The van der Waals surface area contributed by atoms with E-state index in [0.717, 1.165) is 11.3 Å². The van der Waals surface area contributed by atoms with Crippen LogP contribution in [0.1, 0.15) is 18.4 Å². The van der Waals surface area contributed by atoms with Gasteiger partial charge in [-0.2, -0.15) is 0 Å². The number of hydrogen-bond acceptors (Lipinski definition) is 4. The van der Waals surface area contributed by atoms with E-state index in [9.17, 15) is 9.59 Å². The molecule has 1 amide bonds. The molecule has 102 valence electrons. The maximum absolute atomic E-state index is 11.9. The molecule has 0 fully saturated rings. The number of carbonyl (C=O) groups is 2. The first-order valence-corrected chi connectivity index (χ1v) is 6.30. The second-order valence-electron chi connectivity index (χ2n) is 4.39. The van der Waals surface area contributed by atoms with Crippen molar-refractivity contribution in [3.05, 3.63) is 29.8 Å². The minimum Gasteiger partial charge on any atom is -0.480 e. The molecular weight excluding hydrogens is 246 g/mol. The molecule has 0 saturated heterocycles. The van der Waals surface area contributed by atoms with Crippen LogP contribution in [0.4, 0.5) is 0 Å². The van der Waals surface area contributed by atoms with Crippen molar-refractivity contribution in [2.45, 2.75) is 25.4 Å². The van der Waals surface area contributed by atoms with Crippen LogP contribution in [0.15, 0.2) is 24.3 Å².